The minimum atomic E-state index is 0.139. The molecule has 1 fully saturated rings. The van der Waals surface area contributed by atoms with Crippen LogP contribution in [0.15, 0.2) is 47.8 Å². The summed E-state index contributed by atoms with van der Waals surface area (Å²) in [6.45, 7) is 4.88. The molecule has 1 atom stereocenters. The van der Waals surface area contributed by atoms with E-state index in [2.05, 4.69) is 60.1 Å². The van der Waals surface area contributed by atoms with Gasteiger partial charge in [-0.1, -0.05) is 43.3 Å². The molecule has 1 unspecified atom stereocenters. The highest BCUT2D eigenvalue weighted by atomic mass is 32.1. The Morgan fingerprint density at radius 3 is 2.52 bits per heavy atom. The van der Waals surface area contributed by atoms with Gasteiger partial charge in [-0.15, -0.1) is 11.3 Å². The van der Waals surface area contributed by atoms with E-state index in [9.17, 15) is 0 Å². The first-order chi connectivity index (χ1) is 10.4. The summed E-state index contributed by atoms with van der Waals surface area (Å²) in [6, 6.07) is 15.8. The summed E-state index contributed by atoms with van der Waals surface area (Å²) in [5.41, 5.74) is 1.58. The van der Waals surface area contributed by atoms with E-state index in [0.717, 1.165) is 32.6 Å². The first-order valence-electron chi connectivity index (χ1n) is 7.77. The van der Waals surface area contributed by atoms with Crippen LogP contribution in [0.1, 0.15) is 36.2 Å². The van der Waals surface area contributed by atoms with Crippen molar-refractivity contribution in [3.8, 4) is 0 Å². The quantitative estimate of drug-likeness (QED) is 0.896. The molecule has 1 aromatic carbocycles. The van der Waals surface area contributed by atoms with Crippen molar-refractivity contribution in [1.82, 2.24) is 5.32 Å². The van der Waals surface area contributed by atoms with Gasteiger partial charge in [0.1, 0.15) is 0 Å². The third-order valence-corrected chi connectivity index (χ3v) is 5.46. The minimum absolute atomic E-state index is 0.139. The Balaban J connectivity index is 2.04. The van der Waals surface area contributed by atoms with Crippen molar-refractivity contribution in [2.24, 2.45) is 0 Å². The number of nitrogens with one attached hydrogen (secondary N) is 1. The highest BCUT2D eigenvalue weighted by Gasteiger charge is 2.42. The standard InChI is InChI=1S/C18H23NOS/c1-2-19-17(16-9-6-14-21-16)18(10-12-20-13-11-18)15-7-4-3-5-8-15/h3-9,14,17,19H,2,10-13H2,1H3. The van der Waals surface area contributed by atoms with Crippen molar-refractivity contribution in [1.29, 1.82) is 0 Å². The average Bonchev–Trinajstić information content (AvgIpc) is 3.08. The molecule has 3 heteroatoms. The van der Waals surface area contributed by atoms with Crippen molar-refractivity contribution >= 4 is 11.3 Å². The van der Waals surface area contributed by atoms with Crippen LogP contribution in [0.4, 0.5) is 0 Å². The molecular weight excluding hydrogens is 278 g/mol. The second kappa shape index (κ2) is 6.73. The van der Waals surface area contributed by atoms with E-state index < -0.39 is 0 Å². The van der Waals surface area contributed by atoms with Gasteiger partial charge in [0.05, 0.1) is 6.04 Å². The van der Waals surface area contributed by atoms with Gasteiger partial charge in [0.15, 0.2) is 0 Å². The van der Waals surface area contributed by atoms with E-state index in [1.54, 1.807) is 0 Å². The zero-order valence-electron chi connectivity index (χ0n) is 12.5. The molecule has 2 aromatic rings. The van der Waals surface area contributed by atoms with Gasteiger partial charge in [0.2, 0.25) is 0 Å². The van der Waals surface area contributed by atoms with Crippen LogP contribution in [0.3, 0.4) is 0 Å². The Bertz CT molecular complexity index is 532. The Morgan fingerprint density at radius 2 is 1.90 bits per heavy atom. The van der Waals surface area contributed by atoms with Crippen LogP contribution in [0, 0.1) is 0 Å². The number of hydrogen-bond donors (Lipinski definition) is 1. The molecule has 0 radical (unpaired) electrons. The highest BCUT2D eigenvalue weighted by Crippen LogP contribution is 2.46. The fourth-order valence-electron chi connectivity index (χ4n) is 3.48. The van der Waals surface area contributed by atoms with Crippen molar-refractivity contribution in [3.63, 3.8) is 0 Å². The minimum Gasteiger partial charge on any atom is -0.381 e. The first kappa shape index (κ1) is 14.8. The molecule has 1 aliphatic heterocycles. The number of thiophene rings is 1. The van der Waals surface area contributed by atoms with E-state index in [1.165, 1.54) is 10.4 Å². The van der Waals surface area contributed by atoms with Crippen LogP contribution in [-0.2, 0) is 10.2 Å². The van der Waals surface area contributed by atoms with Gasteiger partial charge in [-0.3, -0.25) is 0 Å². The molecule has 0 aliphatic carbocycles. The summed E-state index contributed by atoms with van der Waals surface area (Å²) in [4.78, 5) is 1.43. The molecule has 112 valence electrons. The lowest BCUT2D eigenvalue weighted by atomic mass is 9.68. The van der Waals surface area contributed by atoms with E-state index in [-0.39, 0.29) is 5.41 Å². The maximum Gasteiger partial charge on any atom is 0.0514 e. The third kappa shape index (κ3) is 2.91. The fourth-order valence-corrected chi connectivity index (χ4v) is 4.39. The largest absolute Gasteiger partial charge is 0.381 e. The molecule has 0 spiro atoms. The Morgan fingerprint density at radius 1 is 1.14 bits per heavy atom. The maximum atomic E-state index is 5.67. The third-order valence-electron chi connectivity index (χ3n) is 4.52. The summed E-state index contributed by atoms with van der Waals surface area (Å²) in [6.07, 6.45) is 2.15. The van der Waals surface area contributed by atoms with Gasteiger partial charge in [-0.05, 0) is 36.4 Å². The monoisotopic (exact) mass is 301 g/mol. The number of benzene rings is 1. The van der Waals surface area contributed by atoms with Gasteiger partial charge in [0.25, 0.3) is 0 Å². The molecule has 1 saturated heterocycles. The average molecular weight is 301 g/mol. The molecule has 2 heterocycles. The highest BCUT2D eigenvalue weighted by molar-refractivity contribution is 7.10. The van der Waals surface area contributed by atoms with E-state index in [0.29, 0.717) is 6.04 Å². The molecule has 0 amide bonds. The summed E-state index contributed by atoms with van der Waals surface area (Å²) in [7, 11) is 0. The van der Waals surface area contributed by atoms with Gasteiger partial charge in [-0.2, -0.15) is 0 Å². The van der Waals surface area contributed by atoms with Crippen LogP contribution in [0.25, 0.3) is 0 Å². The SMILES string of the molecule is CCNC(c1cccs1)C1(c2ccccc2)CCOCC1. The summed E-state index contributed by atoms with van der Waals surface area (Å²) < 4.78 is 5.67. The lowest BCUT2D eigenvalue weighted by molar-refractivity contribution is 0.0348. The molecule has 1 N–H and O–H groups in total. The van der Waals surface area contributed by atoms with Crippen LogP contribution < -0.4 is 5.32 Å². The smallest absolute Gasteiger partial charge is 0.0514 e. The normalized spacial score (nSPS) is 19.3. The second-order valence-electron chi connectivity index (χ2n) is 5.64. The molecular formula is C18H23NOS. The zero-order valence-corrected chi connectivity index (χ0v) is 13.4. The van der Waals surface area contributed by atoms with Crippen LogP contribution in [0.5, 0.6) is 0 Å². The van der Waals surface area contributed by atoms with Crippen molar-refractivity contribution < 1.29 is 4.74 Å². The molecule has 0 saturated carbocycles. The van der Waals surface area contributed by atoms with Crippen molar-refractivity contribution in [2.75, 3.05) is 19.8 Å². The van der Waals surface area contributed by atoms with Crippen LogP contribution in [-0.4, -0.2) is 19.8 Å². The van der Waals surface area contributed by atoms with Crippen molar-refractivity contribution in [2.45, 2.75) is 31.2 Å². The summed E-state index contributed by atoms with van der Waals surface area (Å²) in [5.74, 6) is 0. The number of hydrogen-bond acceptors (Lipinski definition) is 3. The zero-order chi connectivity index (χ0) is 14.5. The van der Waals surface area contributed by atoms with Gasteiger partial charge in [-0.25, -0.2) is 0 Å². The molecule has 3 rings (SSSR count). The fraction of sp³-hybridized carbons (Fsp3) is 0.444. The predicted octanol–water partition coefficient (Wildman–Crippen LogP) is 4.15. The number of ether oxygens (including phenoxy) is 1. The van der Waals surface area contributed by atoms with Crippen molar-refractivity contribution in [3.05, 3.63) is 58.3 Å². The molecule has 21 heavy (non-hydrogen) atoms. The van der Waals surface area contributed by atoms with Crippen LogP contribution >= 0.6 is 11.3 Å². The van der Waals surface area contributed by atoms with E-state index in [1.807, 2.05) is 11.3 Å². The number of rotatable bonds is 5. The molecule has 1 aliphatic rings. The Kier molecular flexibility index (Phi) is 4.73. The van der Waals surface area contributed by atoms with Gasteiger partial charge < -0.3 is 10.1 Å². The topological polar surface area (TPSA) is 21.3 Å². The van der Waals surface area contributed by atoms with Crippen LogP contribution in [0.2, 0.25) is 0 Å². The van der Waals surface area contributed by atoms with Gasteiger partial charge >= 0.3 is 0 Å². The predicted molar refractivity (Wildman–Crippen MR) is 88.9 cm³/mol. The first-order valence-corrected chi connectivity index (χ1v) is 8.65. The Labute approximate surface area is 131 Å². The lowest BCUT2D eigenvalue weighted by Gasteiger charge is -2.44. The second-order valence-corrected chi connectivity index (χ2v) is 6.62. The van der Waals surface area contributed by atoms with E-state index >= 15 is 0 Å². The maximum absolute atomic E-state index is 5.67. The lowest BCUT2D eigenvalue weighted by Crippen LogP contribution is -2.45. The number of likely N-dealkylation sites (N-methyl/N-ethyl adjacent to an activating group) is 1. The van der Waals surface area contributed by atoms with E-state index in [4.69, 9.17) is 4.74 Å². The molecule has 0 bridgehead atoms. The molecule has 2 nitrogen and oxygen atoms in total. The van der Waals surface area contributed by atoms with Gasteiger partial charge in [0, 0.05) is 23.5 Å². The Hall–Kier alpha value is -1.16. The molecule has 1 aromatic heterocycles. The summed E-state index contributed by atoms with van der Waals surface area (Å²) >= 11 is 1.85. The summed E-state index contributed by atoms with van der Waals surface area (Å²) in [5, 5.41) is 5.93.